The Kier molecular flexibility index (Phi) is 3.93. The van der Waals surface area contributed by atoms with Crippen LogP contribution in [0.3, 0.4) is 0 Å². The van der Waals surface area contributed by atoms with Crippen LogP contribution in [0.4, 0.5) is 5.69 Å². The molecule has 3 N–H and O–H groups in total. The maximum Gasteiger partial charge on any atom is 0.377 e. The number of carbonyl (C=O) groups is 2. The van der Waals surface area contributed by atoms with Crippen molar-refractivity contribution in [2.75, 3.05) is 5.32 Å². The Morgan fingerprint density at radius 3 is 2.30 bits per heavy atom. The van der Waals surface area contributed by atoms with Gasteiger partial charge in [0, 0.05) is 29.1 Å². The first-order valence-corrected chi connectivity index (χ1v) is 7.37. The predicted octanol–water partition coefficient (Wildman–Crippen LogP) is 3.19. The molecule has 1 aliphatic rings. The van der Waals surface area contributed by atoms with Gasteiger partial charge in [-0.15, -0.1) is 0 Å². The van der Waals surface area contributed by atoms with E-state index in [0.717, 1.165) is 35.2 Å². The summed E-state index contributed by atoms with van der Waals surface area (Å²) in [6.45, 7) is 0. The lowest BCUT2D eigenvalue weighted by Crippen LogP contribution is -2.12. The van der Waals surface area contributed by atoms with Crippen LogP contribution in [-0.2, 0) is 4.79 Å². The summed E-state index contributed by atoms with van der Waals surface area (Å²) in [4.78, 5) is 22.1. The van der Waals surface area contributed by atoms with Crippen molar-refractivity contribution in [2.24, 2.45) is 0 Å². The van der Waals surface area contributed by atoms with Crippen molar-refractivity contribution in [1.29, 1.82) is 5.41 Å². The summed E-state index contributed by atoms with van der Waals surface area (Å²) in [7, 11) is 0. The van der Waals surface area contributed by atoms with E-state index < -0.39 is 11.8 Å². The van der Waals surface area contributed by atoms with Gasteiger partial charge in [-0.05, 0) is 36.1 Å². The SMILES string of the molecule is N=Cc1cc(-c2ccc(C(=O)C(=O)O)cc2)ccc1NC1CC1. The molecule has 1 saturated carbocycles. The molecule has 0 radical (unpaired) electrons. The van der Waals surface area contributed by atoms with Crippen LogP contribution in [0.15, 0.2) is 42.5 Å². The highest BCUT2D eigenvalue weighted by Gasteiger charge is 2.21. The Balaban J connectivity index is 1.87. The van der Waals surface area contributed by atoms with Gasteiger partial charge in [-0.2, -0.15) is 0 Å². The van der Waals surface area contributed by atoms with Crippen molar-refractivity contribution in [3.8, 4) is 11.1 Å². The average molecular weight is 308 g/mol. The summed E-state index contributed by atoms with van der Waals surface area (Å²) in [6.07, 6.45) is 3.65. The zero-order valence-corrected chi connectivity index (χ0v) is 12.4. The molecule has 0 saturated heterocycles. The maximum atomic E-state index is 11.4. The first-order valence-electron chi connectivity index (χ1n) is 7.37. The van der Waals surface area contributed by atoms with E-state index in [1.54, 1.807) is 12.1 Å². The Morgan fingerprint density at radius 2 is 1.74 bits per heavy atom. The van der Waals surface area contributed by atoms with Crippen molar-refractivity contribution in [1.82, 2.24) is 0 Å². The van der Waals surface area contributed by atoms with Crippen LogP contribution in [0.2, 0.25) is 0 Å². The normalized spacial score (nSPS) is 13.4. The molecule has 0 aliphatic heterocycles. The molecule has 0 bridgehead atoms. The fraction of sp³-hybridized carbons (Fsp3) is 0.167. The van der Waals surface area contributed by atoms with E-state index in [1.807, 2.05) is 18.2 Å². The van der Waals surface area contributed by atoms with Crippen molar-refractivity contribution in [2.45, 2.75) is 18.9 Å². The second kappa shape index (κ2) is 6.04. The number of anilines is 1. The van der Waals surface area contributed by atoms with Crippen LogP contribution >= 0.6 is 0 Å². The van der Waals surface area contributed by atoms with E-state index in [9.17, 15) is 9.59 Å². The van der Waals surface area contributed by atoms with Gasteiger partial charge in [0.1, 0.15) is 0 Å². The molecule has 1 fully saturated rings. The van der Waals surface area contributed by atoms with Gasteiger partial charge in [0.25, 0.3) is 5.78 Å². The summed E-state index contributed by atoms with van der Waals surface area (Å²) < 4.78 is 0. The number of carboxylic acid groups (broad SMARTS) is 1. The van der Waals surface area contributed by atoms with Gasteiger partial charge >= 0.3 is 5.97 Å². The van der Waals surface area contributed by atoms with E-state index in [-0.39, 0.29) is 5.56 Å². The standard InChI is InChI=1S/C18H16N2O3/c19-10-14-9-13(5-8-16(14)20-15-6-7-15)11-1-3-12(4-2-11)17(21)18(22)23/h1-5,8-10,15,19-20H,6-7H2,(H,22,23). The highest BCUT2D eigenvalue weighted by molar-refractivity contribution is 6.39. The number of hydrogen-bond donors (Lipinski definition) is 3. The third-order valence-electron chi connectivity index (χ3n) is 3.82. The molecule has 0 amide bonds. The zero-order valence-electron chi connectivity index (χ0n) is 12.4. The number of Topliss-reactive ketones (excluding diaryl/α,β-unsaturated/α-hetero) is 1. The summed E-state index contributed by atoms with van der Waals surface area (Å²) >= 11 is 0. The third-order valence-corrected chi connectivity index (χ3v) is 3.82. The molecular formula is C18H16N2O3. The number of benzene rings is 2. The topological polar surface area (TPSA) is 90.2 Å². The number of ketones is 1. The molecule has 0 aromatic heterocycles. The van der Waals surface area contributed by atoms with E-state index in [2.05, 4.69) is 5.32 Å². The molecule has 0 heterocycles. The monoisotopic (exact) mass is 308 g/mol. The van der Waals surface area contributed by atoms with E-state index >= 15 is 0 Å². The number of nitrogens with one attached hydrogen (secondary N) is 2. The van der Waals surface area contributed by atoms with Gasteiger partial charge in [0.15, 0.2) is 0 Å². The van der Waals surface area contributed by atoms with Crippen LogP contribution in [0, 0.1) is 5.41 Å². The molecule has 2 aromatic carbocycles. The van der Waals surface area contributed by atoms with Gasteiger partial charge in [-0.3, -0.25) is 4.79 Å². The minimum atomic E-state index is -1.46. The largest absolute Gasteiger partial charge is 0.475 e. The Labute approximate surface area is 133 Å². The molecule has 3 rings (SSSR count). The second-order valence-corrected chi connectivity index (χ2v) is 5.58. The molecule has 1 aliphatic carbocycles. The minimum absolute atomic E-state index is 0.153. The zero-order chi connectivity index (χ0) is 16.4. The molecule has 2 aromatic rings. The molecule has 0 unspecified atom stereocenters. The maximum absolute atomic E-state index is 11.4. The van der Waals surface area contributed by atoms with Crippen molar-refractivity contribution >= 4 is 23.7 Å². The van der Waals surface area contributed by atoms with E-state index in [4.69, 9.17) is 10.5 Å². The minimum Gasteiger partial charge on any atom is -0.475 e. The fourth-order valence-electron chi connectivity index (χ4n) is 2.38. The number of hydrogen-bond acceptors (Lipinski definition) is 4. The fourth-order valence-corrected chi connectivity index (χ4v) is 2.38. The van der Waals surface area contributed by atoms with Crippen LogP contribution in [0.25, 0.3) is 11.1 Å². The lowest BCUT2D eigenvalue weighted by Gasteiger charge is -2.11. The van der Waals surface area contributed by atoms with E-state index in [0.29, 0.717) is 6.04 Å². The molecular weight excluding hydrogens is 292 g/mol. The van der Waals surface area contributed by atoms with Gasteiger partial charge in [-0.25, -0.2) is 4.79 Å². The quantitative estimate of drug-likeness (QED) is 0.434. The molecule has 116 valence electrons. The lowest BCUT2D eigenvalue weighted by atomic mass is 10.00. The number of carbonyl (C=O) groups excluding carboxylic acids is 1. The van der Waals surface area contributed by atoms with Crippen molar-refractivity contribution in [3.63, 3.8) is 0 Å². The first kappa shape index (κ1) is 15.0. The number of rotatable bonds is 6. The third kappa shape index (κ3) is 3.29. The summed E-state index contributed by atoms with van der Waals surface area (Å²) in [5.74, 6) is -2.37. The van der Waals surface area contributed by atoms with Crippen LogP contribution < -0.4 is 5.32 Å². The molecule has 5 nitrogen and oxygen atoms in total. The molecule has 0 atom stereocenters. The van der Waals surface area contributed by atoms with Gasteiger partial charge in [0.05, 0.1) is 0 Å². The van der Waals surface area contributed by atoms with E-state index in [1.165, 1.54) is 18.3 Å². The molecule has 0 spiro atoms. The average Bonchev–Trinajstić information content (AvgIpc) is 3.38. The van der Waals surface area contributed by atoms with Gasteiger partial charge < -0.3 is 15.8 Å². The number of carboxylic acids is 1. The smallest absolute Gasteiger partial charge is 0.377 e. The van der Waals surface area contributed by atoms with Crippen molar-refractivity contribution < 1.29 is 14.7 Å². The Hall–Kier alpha value is -2.95. The summed E-state index contributed by atoms with van der Waals surface area (Å²) in [5.41, 5.74) is 3.69. The van der Waals surface area contributed by atoms with Crippen LogP contribution in [0.1, 0.15) is 28.8 Å². The molecule has 23 heavy (non-hydrogen) atoms. The predicted molar refractivity (Wildman–Crippen MR) is 88.4 cm³/mol. The second-order valence-electron chi connectivity index (χ2n) is 5.58. The van der Waals surface area contributed by atoms with Crippen LogP contribution in [0.5, 0.6) is 0 Å². The number of aliphatic carboxylic acids is 1. The Morgan fingerprint density at radius 1 is 1.09 bits per heavy atom. The lowest BCUT2D eigenvalue weighted by molar-refractivity contribution is -0.131. The van der Waals surface area contributed by atoms with Crippen molar-refractivity contribution in [3.05, 3.63) is 53.6 Å². The first-order chi connectivity index (χ1) is 11.1. The Bertz CT molecular complexity index is 777. The van der Waals surface area contributed by atoms with Gasteiger partial charge in [0.2, 0.25) is 0 Å². The highest BCUT2D eigenvalue weighted by atomic mass is 16.4. The molecule has 5 heteroatoms. The summed E-state index contributed by atoms with van der Waals surface area (Å²) in [5, 5.41) is 19.7. The van der Waals surface area contributed by atoms with Crippen LogP contribution in [-0.4, -0.2) is 29.1 Å². The highest BCUT2D eigenvalue weighted by Crippen LogP contribution is 2.29. The van der Waals surface area contributed by atoms with Gasteiger partial charge in [-0.1, -0.05) is 30.3 Å². The summed E-state index contributed by atoms with van der Waals surface area (Å²) in [6, 6.07) is 12.8.